The highest BCUT2D eigenvalue weighted by atomic mass is 16.3. The van der Waals surface area contributed by atoms with Crippen molar-refractivity contribution in [1.82, 2.24) is 24.8 Å². The first-order valence-electron chi connectivity index (χ1n) is 7.16. The van der Waals surface area contributed by atoms with E-state index in [4.69, 9.17) is 0 Å². The number of carbonyl (C=O) groups excluding carboxylic acids is 1. The van der Waals surface area contributed by atoms with Crippen LogP contribution in [-0.2, 0) is 6.54 Å². The van der Waals surface area contributed by atoms with Gasteiger partial charge in [-0.15, -0.1) is 0 Å². The normalized spacial score (nSPS) is 12.0. The van der Waals surface area contributed by atoms with Crippen LogP contribution in [0, 0.1) is 0 Å². The fourth-order valence-electron chi connectivity index (χ4n) is 1.90. The SMILES string of the molecule is CC(O)CCN(C)C(=O)NCc1ccnc(-n2ccnc2)c1. The van der Waals surface area contributed by atoms with Crippen molar-refractivity contribution in [2.75, 3.05) is 13.6 Å². The van der Waals surface area contributed by atoms with Gasteiger partial charge in [-0.05, 0) is 31.0 Å². The molecule has 7 nitrogen and oxygen atoms in total. The number of aliphatic hydroxyl groups is 1. The Bertz CT molecular complexity index is 598. The molecule has 0 aliphatic heterocycles. The maximum atomic E-state index is 11.9. The van der Waals surface area contributed by atoms with Gasteiger partial charge in [0.2, 0.25) is 0 Å². The molecule has 2 aromatic rings. The zero-order valence-corrected chi connectivity index (χ0v) is 12.8. The van der Waals surface area contributed by atoms with E-state index >= 15 is 0 Å². The Hall–Kier alpha value is -2.41. The fraction of sp³-hybridized carbons (Fsp3) is 0.400. The van der Waals surface area contributed by atoms with E-state index in [9.17, 15) is 9.90 Å². The molecule has 0 aliphatic carbocycles. The molecule has 0 spiro atoms. The molecule has 0 saturated carbocycles. The number of amides is 2. The first kappa shape index (κ1) is 16.0. The molecule has 0 radical (unpaired) electrons. The summed E-state index contributed by atoms with van der Waals surface area (Å²) in [6.07, 6.45) is 7.03. The van der Waals surface area contributed by atoms with E-state index in [1.807, 2.05) is 18.3 Å². The van der Waals surface area contributed by atoms with Gasteiger partial charge in [0, 0.05) is 38.7 Å². The number of nitrogens with zero attached hydrogens (tertiary/aromatic N) is 4. The van der Waals surface area contributed by atoms with Crippen molar-refractivity contribution >= 4 is 6.03 Å². The number of carbonyl (C=O) groups is 1. The van der Waals surface area contributed by atoms with Crippen LogP contribution in [0.15, 0.2) is 37.1 Å². The molecule has 7 heteroatoms. The molecular formula is C15H21N5O2. The van der Waals surface area contributed by atoms with E-state index in [1.165, 1.54) is 0 Å². The summed E-state index contributed by atoms with van der Waals surface area (Å²) in [5.41, 5.74) is 0.955. The second-order valence-corrected chi connectivity index (χ2v) is 5.21. The van der Waals surface area contributed by atoms with E-state index in [0.717, 1.165) is 11.4 Å². The first-order chi connectivity index (χ1) is 10.6. The molecule has 118 valence electrons. The summed E-state index contributed by atoms with van der Waals surface area (Å²) in [7, 11) is 1.71. The molecule has 0 aliphatic rings. The fourth-order valence-corrected chi connectivity index (χ4v) is 1.90. The van der Waals surface area contributed by atoms with Crippen LogP contribution < -0.4 is 5.32 Å². The minimum Gasteiger partial charge on any atom is -0.393 e. The zero-order valence-electron chi connectivity index (χ0n) is 12.8. The predicted molar refractivity (Wildman–Crippen MR) is 82.5 cm³/mol. The molecule has 22 heavy (non-hydrogen) atoms. The molecule has 1 unspecified atom stereocenters. The zero-order chi connectivity index (χ0) is 15.9. The monoisotopic (exact) mass is 303 g/mol. The molecule has 1 atom stereocenters. The molecule has 2 rings (SSSR count). The summed E-state index contributed by atoms with van der Waals surface area (Å²) in [6, 6.07) is 3.59. The van der Waals surface area contributed by atoms with Gasteiger partial charge in [-0.25, -0.2) is 14.8 Å². The summed E-state index contributed by atoms with van der Waals surface area (Å²) in [5.74, 6) is 0.756. The molecule has 2 N–H and O–H groups in total. The van der Waals surface area contributed by atoms with Crippen LogP contribution in [0.25, 0.3) is 5.82 Å². The van der Waals surface area contributed by atoms with Crippen molar-refractivity contribution in [2.45, 2.75) is 26.0 Å². The Balaban J connectivity index is 1.89. The van der Waals surface area contributed by atoms with Gasteiger partial charge in [0.05, 0.1) is 6.10 Å². The van der Waals surface area contributed by atoms with Crippen molar-refractivity contribution in [3.8, 4) is 5.82 Å². The summed E-state index contributed by atoms with van der Waals surface area (Å²) >= 11 is 0. The van der Waals surface area contributed by atoms with Crippen LogP contribution in [0.5, 0.6) is 0 Å². The molecule has 0 saturated heterocycles. The van der Waals surface area contributed by atoms with E-state index in [-0.39, 0.29) is 6.03 Å². The standard InChI is InChI=1S/C15H21N5O2/c1-12(21)4-7-19(2)15(22)18-10-13-3-5-17-14(9-13)20-8-6-16-11-20/h3,5-6,8-9,11-12,21H,4,7,10H2,1-2H3,(H,18,22). The number of aromatic nitrogens is 3. The van der Waals surface area contributed by atoms with E-state index < -0.39 is 6.10 Å². The maximum Gasteiger partial charge on any atom is 0.317 e. The number of pyridine rings is 1. The summed E-state index contributed by atoms with van der Waals surface area (Å²) in [5, 5.41) is 12.1. The number of rotatable bonds is 6. The van der Waals surface area contributed by atoms with Crippen LogP contribution in [0.2, 0.25) is 0 Å². The van der Waals surface area contributed by atoms with E-state index in [0.29, 0.717) is 19.5 Å². The third kappa shape index (κ3) is 4.56. The topological polar surface area (TPSA) is 83.3 Å². The number of nitrogens with one attached hydrogen (secondary N) is 1. The number of imidazole rings is 1. The van der Waals surface area contributed by atoms with E-state index in [1.54, 1.807) is 42.2 Å². The third-order valence-electron chi connectivity index (χ3n) is 3.25. The van der Waals surface area contributed by atoms with Crippen molar-refractivity contribution < 1.29 is 9.90 Å². The van der Waals surface area contributed by atoms with Crippen LogP contribution in [-0.4, -0.2) is 50.3 Å². The number of urea groups is 1. The van der Waals surface area contributed by atoms with Crippen LogP contribution in [0.4, 0.5) is 4.79 Å². The average molecular weight is 303 g/mol. The second-order valence-electron chi connectivity index (χ2n) is 5.21. The largest absolute Gasteiger partial charge is 0.393 e. The summed E-state index contributed by atoms with van der Waals surface area (Å²) < 4.78 is 1.81. The molecular weight excluding hydrogens is 282 g/mol. The third-order valence-corrected chi connectivity index (χ3v) is 3.25. The van der Waals surface area contributed by atoms with Crippen LogP contribution >= 0.6 is 0 Å². The lowest BCUT2D eigenvalue weighted by molar-refractivity contribution is 0.163. The van der Waals surface area contributed by atoms with Gasteiger partial charge >= 0.3 is 6.03 Å². The van der Waals surface area contributed by atoms with Gasteiger partial charge in [0.25, 0.3) is 0 Å². The number of aliphatic hydroxyl groups excluding tert-OH is 1. The van der Waals surface area contributed by atoms with Gasteiger partial charge in [0.15, 0.2) is 0 Å². The van der Waals surface area contributed by atoms with Crippen molar-refractivity contribution in [3.05, 3.63) is 42.6 Å². The lowest BCUT2D eigenvalue weighted by atomic mass is 10.2. The molecule has 0 aromatic carbocycles. The lowest BCUT2D eigenvalue weighted by Crippen LogP contribution is -2.38. The number of hydrogen-bond donors (Lipinski definition) is 2. The maximum absolute atomic E-state index is 11.9. The van der Waals surface area contributed by atoms with E-state index in [2.05, 4.69) is 15.3 Å². The Kier molecular flexibility index (Phi) is 5.48. The molecule has 0 fully saturated rings. The smallest absolute Gasteiger partial charge is 0.317 e. The Labute approximate surface area is 129 Å². The lowest BCUT2D eigenvalue weighted by Gasteiger charge is -2.18. The Morgan fingerprint density at radius 3 is 3.00 bits per heavy atom. The van der Waals surface area contributed by atoms with Gasteiger partial charge in [0.1, 0.15) is 12.1 Å². The minimum absolute atomic E-state index is 0.165. The summed E-state index contributed by atoms with van der Waals surface area (Å²) in [4.78, 5) is 21.8. The highest BCUT2D eigenvalue weighted by Gasteiger charge is 2.09. The minimum atomic E-state index is -0.409. The Morgan fingerprint density at radius 1 is 1.50 bits per heavy atom. The van der Waals surface area contributed by atoms with Gasteiger partial charge < -0.3 is 15.3 Å². The van der Waals surface area contributed by atoms with Crippen molar-refractivity contribution in [3.63, 3.8) is 0 Å². The first-order valence-corrected chi connectivity index (χ1v) is 7.16. The van der Waals surface area contributed by atoms with Crippen LogP contribution in [0.3, 0.4) is 0 Å². The quantitative estimate of drug-likeness (QED) is 0.839. The van der Waals surface area contributed by atoms with Gasteiger partial charge in [-0.3, -0.25) is 4.57 Å². The van der Waals surface area contributed by atoms with Gasteiger partial charge in [-0.2, -0.15) is 0 Å². The average Bonchev–Trinajstić information content (AvgIpc) is 3.05. The molecule has 2 aromatic heterocycles. The molecule has 2 amide bonds. The number of hydrogen-bond acceptors (Lipinski definition) is 4. The molecule has 0 bridgehead atoms. The van der Waals surface area contributed by atoms with Crippen LogP contribution in [0.1, 0.15) is 18.9 Å². The Morgan fingerprint density at radius 2 is 2.32 bits per heavy atom. The molecule has 2 heterocycles. The predicted octanol–water partition coefficient (Wildman–Crippen LogP) is 1.18. The van der Waals surface area contributed by atoms with Crippen molar-refractivity contribution in [1.29, 1.82) is 0 Å². The second kappa shape index (κ2) is 7.56. The summed E-state index contributed by atoms with van der Waals surface area (Å²) in [6.45, 7) is 2.64. The highest BCUT2D eigenvalue weighted by molar-refractivity contribution is 5.73. The van der Waals surface area contributed by atoms with Crippen molar-refractivity contribution in [2.24, 2.45) is 0 Å². The highest BCUT2D eigenvalue weighted by Crippen LogP contribution is 2.07. The van der Waals surface area contributed by atoms with Gasteiger partial charge in [-0.1, -0.05) is 0 Å².